The van der Waals surface area contributed by atoms with Crippen LogP contribution in [0.5, 0.6) is 0 Å². The number of aromatic nitrogens is 1. The van der Waals surface area contributed by atoms with Crippen LogP contribution in [-0.2, 0) is 10.8 Å². The van der Waals surface area contributed by atoms with Crippen LogP contribution in [0.1, 0.15) is 62.8 Å². The largest absolute Gasteiger partial charge is 0.355 e. The number of thiophene rings is 1. The lowest BCUT2D eigenvalue weighted by Gasteiger charge is -2.42. The van der Waals surface area contributed by atoms with Gasteiger partial charge in [0, 0.05) is 59.1 Å². The molecule has 8 aromatic rings. The predicted octanol–water partition coefficient (Wildman–Crippen LogP) is 11.5. The van der Waals surface area contributed by atoms with Gasteiger partial charge in [-0.1, -0.05) is 93.3 Å². The molecule has 3 heterocycles. The van der Waals surface area contributed by atoms with Gasteiger partial charge in [0.2, 0.25) is 0 Å². The predicted molar refractivity (Wildman–Crippen MR) is 219 cm³/mol. The van der Waals surface area contributed by atoms with Crippen molar-refractivity contribution in [1.29, 1.82) is 0 Å². The summed E-state index contributed by atoms with van der Waals surface area (Å²) in [6, 6.07) is 38.9. The molecule has 2 aliphatic rings. The zero-order chi connectivity index (χ0) is 34.1. The summed E-state index contributed by atoms with van der Waals surface area (Å²) in [5, 5.41) is 9.21. The van der Waals surface area contributed by atoms with Gasteiger partial charge in [0.05, 0.1) is 5.52 Å². The van der Waals surface area contributed by atoms with Crippen LogP contribution in [0.3, 0.4) is 0 Å². The fraction of sp³-hybridized carbons (Fsp3) is 0.217. The lowest BCUT2D eigenvalue weighted by molar-refractivity contribution is 0.332. The van der Waals surface area contributed by atoms with Gasteiger partial charge in [0.25, 0.3) is 0 Å². The minimum Gasteiger partial charge on any atom is -0.355 e. The molecule has 1 radical (unpaired) electrons. The van der Waals surface area contributed by atoms with Crippen molar-refractivity contribution >= 4 is 82.9 Å². The van der Waals surface area contributed by atoms with Crippen LogP contribution < -0.4 is 16.2 Å². The van der Waals surface area contributed by atoms with E-state index in [1.54, 1.807) is 0 Å². The van der Waals surface area contributed by atoms with Gasteiger partial charge >= 0.3 is 0 Å². The Kier molecular flexibility index (Phi) is 6.24. The molecule has 0 amide bonds. The van der Waals surface area contributed by atoms with E-state index in [1.165, 1.54) is 105 Å². The molecule has 50 heavy (non-hydrogen) atoms. The highest BCUT2D eigenvalue weighted by atomic mass is 32.1. The highest BCUT2D eigenvalue weighted by molar-refractivity contribution is 7.25. The number of hydrogen-bond donors (Lipinski definition) is 1. The zero-order valence-electron chi connectivity index (χ0n) is 29.7. The van der Waals surface area contributed by atoms with Crippen molar-refractivity contribution in [3.63, 3.8) is 0 Å². The average molecular weight is 664 g/mol. The summed E-state index contributed by atoms with van der Waals surface area (Å²) in [4.78, 5) is 0. The Balaban J connectivity index is 1.32. The third-order valence-electron chi connectivity index (χ3n) is 11.9. The number of rotatable bonds is 3. The summed E-state index contributed by atoms with van der Waals surface area (Å²) in [6.07, 6.45) is 2.40. The summed E-state index contributed by atoms with van der Waals surface area (Å²) in [5.74, 6) is 0. The maximum absolute atomic E-state index is 3.77. The second-order valence-electron chi connectivity index (χ2n) is 16.1. The van der Waals surface area contributed by atoms with Gasteiger partial charge < -0.3 is 9.88 Å². The van der Waals surface area contributed by atoms with Crippen molar-refractivity contribution < 1.29 is 0 Å². The van der Waals surface area contributed by atoms with Crippen molar-refractivity contribution in [2.45, 2.75) is 65.2 Å². The summed E-state index contributed by atoms with van der Waals surface area (Å²) in [7, 11) is 2.48. The van der Waals surface area contributed by atoms with Crippen molar-refractivity contribution in [2.75, 3.05) is 5.32 Å². The van der Waals surface area contributed by atoms with Crippen LogP contribution >= 0.6 is 11.3 Å². The molecule has 0 saturated carbocycles. The van der Waals surface area contributed by atoms with Crippen molar-refractivity contribution in [2.24, 2.45) is 0 Å². The standard InChI is InChI=1S/C46H40BN2S/c1-26-15-17-28(18-16-26)48-37-13-9-7-11-29(37)32-21-27(2)42-33-22-34-35(46(5,6)20-19-45(34,3)4)24-38(33)49-39-23-31-30-12-8-10-14-40(30)50-41(31)25-36(39)47-43(32)44(42)49/h7-18,21-25,48H,19-20H2,1-6H3. The first-order chi connectivity index (χ1) is 24.1. The average Bonchev–Trinajstić information content (AvgIpc) is 3.64. The summed E-state index contributed by atoms with van der Waals surface area (Å²) < 4.78 is 5.31. The lowest BCUT2D eigenvalue weighted by atomic mass is 9.58. The van der Waals surface area contributed by atoms with Gasteiger partial charge in [0.1, 0.15) is 0 Å². The van der Waals surface area contributed by atoms with E-state index in [0.717, 1.165) is 11.4 Å². The molecule has 0 unspecified atom stereocenters. The summed E-state index contributed by atoms with van der Waals surface area (Å²) in [5.41, 5.74) is 17.1. The van der Waals surface area contributed by atoms with E-state index in [-0.39, 0.29) is 10.8 Å². The van der Waals surface area contributed by atoms with Gasteiger partial charge in [-0.15, -0.1) is 11.3 Å². The lowest BCUT2D eigenvalue weighted by Crippen LogP contribution is -2.37. The minimum atomic E-state index is 0.122. The molecule has 1 N–H and O–H groups in total. The molecule has 10 rings (SSSR count). The number of nitrogens with zero attached hydrogens (tertiary/aromatic N) is 1. The normalized spacial score (nSPS) is 15.7. The number of aryl methyl sites for hydroxylation is 2. The molecule has 1 aliphatic carbocycles. The van der Waals surface area contributed by atoms with Crippen LogP contribution in [0, 0.1) is 13.8 Å². The maximum atomic E-state index is 3.77. The molecule has 1 aliphatic heterocycles. The first-order valence-corrected chi connectivity index (χ1v) is 18.8. The first kappa shape index (κ1) is 30.1. The van der Waals surface area contributed by atoms with Gasteiger partial charge in [0.15, 0.2) is 7.28 Å². The van der Waals surface area contributed by atoms with Gasteiger partial charge in [-0.3, -0.25) is 0 Å². The highest BCUT2D eigenvalue weighted by Gasteiger charge is 2.38. The van der Waals surface area contributed by atoms with Crippen LogP contribution in [0.4, 0.5) is 11.4 Å². The third-order valence-corrected chi connectivity index (χ3v) is 13.0. The Bertz CT molecular complexity index is 2720. The Morgan fingerprint density at radius 3 is 2.20 bits per heavy atom. The molecule has 0 spiro atoms. The number of hydrogen-bond acceptors (Lipinski definition) is 2. The molecule has 2 aromatic heterocycles. The smallest absolute Gasteiger partial charge is 0.197 e. The molecule has 0 saturated heterocycles. The Hall–Kier alpha value is -4.80. The topological polar surface area (TPSA) is 17.0 Å². The monoisotopic (exact) mass is 663 g/mol. The quantitative estimate of drug-likeness (QED) is 0.186. The molecule has 6 aromatic carbocycles. The SMILES string of the molecule is Cc1ccc(Nc2ccccc2-c2cc(C)c3c4cc5c(cc4n4c3c2[B]c2cc3sc6ccccc6c3cc2-4)C(C)(C)CCC5(C)C)cc1. The van der Waals surface area contributed by atoms with Crippen LogP contribution in [-0.4, -0.2) is 11.8 Å². The zero-order valence-corrected chi connectivity index (χ0v) is 30.5. The Morgan fingerprint density at radius 2 is 1.40 bits per heavy atom. The second-order valence-corrected chi connectivity index (χ2v) is 17.2. The number of anilines is 2. The number of para-hydroxylation sites is 1. The highest BCUT2D eigenvalue weighted by Crippen LogP contribution is 2.49. The van der Waals surface area contributed by atoms with Crippen LogP contribution in [0.2, 0.25) is 0 Å². The van der Waals surface area contributed by atoms with Gasteiger partial charge in [-0.05, 0) is 114 Å². The van der Waals surface area contributed by atoms with E-state index in [2.05, 4.69) is 162 Å². The minimum absolute atomic E-state index is 0.122. The van der Waals surface area contributed by atoms with Gasteiger partial charge in [-0.25, -0.2) is 0 Å². The molecule has 0 fully saturated rings. The first-order valence-electron chi connectivity index (χ1n) is 18.0. The number of fused-ring (bicyclic) bond motifs is 9. The van der Waals surface area contributed by atoms with E-state index in [0.29, 0.717) is 0 Å². The Labute approximate surface area is 299 Å². The van der Waals surface area contributed by atoms with Crippen molar-refractivity contribution in [3.05, 3.63) is 125 Å². The number of benzene rings is 6. The molecule has 243 valence electrons. The summed E-state index contributed by atoms with van der Waals surface area (Å²) in [6.45, 7) is 14.2. The second kappa shape index (κ2) is 10.4. The van der Waals surface area contributed by atoms with Crippen molar-refractivity contribution in [3.8, 4) is 16.8 Å². The van der Waals surface area contributed by atoms with Crippen molar-refractivity contribution in [1.82, 2.24) is 4.57 Å². The molecular weight excluding hydrogens is 623 g/mol. The maximum Gasteiger partial charge on any atom is 0.197 e. The van der Waals surface area contributed by atoms with Crippen LogP contribution in [0.25, 0.3) is 58.8 Å². The number of nitrogens with one attached hydrogen (secondary N) is 1. The van der Waals surface area contributed by atoms with E-state index >= 15 is 0 Å². The fourth-order valence-electron chi connectivity index (χ4n) is 8.97. The Morgan fingerprint density at radius 1 is 0.680 bits per heavy atom. The van der Waals surface area contributed by atoms with E-state index in [9.17, 15) is 0 Å². The molecule has 0 bridgehead atoms. The molecule has 4 heteroatoms. The molecular formula is C46H40BN2S. The fourth-order valence-corrected chi connectivity index (χ4v) is 10.1. The van der Waals surface area contributed by atoms with E-state index < -0.39 is 0 Å². The third kappa shape index (κ3) is 4.27. The van der Waals surface area contributed by atoms with Crippen LogP contribution in [0.15, 0.2) is 103 Å². The summed E-state index contributed by atoms with van der Waals surface area (Å²) >= 11 is 1.90. The molecule has 0 atom stereocenters. The van der Waals surface area contributed by atoms with E-state index in [1.807, 2.05) is 11.3 Å². The van der Waals surface area contributed by atoms with Gasteiger partial charge in [-0.2, -0.15) is 0 Å². The van der Waals surface area contributed by atoms with E-state index in [4.69, 9.17) is 0 Å². The molecule has 2 nitrogen and oxygen atoms in total.